The van der Waals surface area contributed by atoms with Crippen molar-refractivity contribution in [3.05, 3.63) is 89.9 Å². The molecule has 190 valence electrons. The maximum Gasteiger partial charge on any atom is 0.360 e. The van der Waals surface area contributed by atoms with Gasteiger partial charge in [0.1, 0.15) is 0 Å². The van der Waals surface area contributed by atoms with Crippen LogP contribution in [0, 0.1) is 0 Å². The molecule has 2 atom stereocenters. The Kier molecular flexibility index (Phi) is 7.51. The van der Waals surface area contributed by atoms with E-state index in [1.165, 1.54) is 12.7 Å². The third-order valence-corrected chi connectivity index (χ3v) is 6.82. The van der Waals surface area contributed by atoms with Gasteiger partial charge in [-0.25, -0.2) is 9.48 Å². The number of nitrogens with zero attached hydrogens (tertiary/aromatic N) is 5. The first kappa shape index (κ1) is 24.6. The Labute approximate surface area is 215 Å². The maximum absolute atomic E-state index is 13.4. The van der Waals surface area contributed by atoms with Gasteiger partial charge in [0.25, 0.3) is 0 Å². The zero-order chi connectivity index (χ0) is 25.6. The number of carbonyl (C=O) groups is 2. The number of amides is 1. The van der Waals surface area contributed by atoms with Crippen LogP contribution in [-0.2, 0) is 22.5 Å². The number of hydrogen-bond acceptors (Lipinski definition) is 7. The van der Waals surface area contributed by atoms with E-state index >= 15 is 0 Å². The summed E-state index contributed by atoms with van der Waals surface area (Å²) in [6, 6.07) is 21.9. The highest BCUT2D eigenvalue weighted by atomic mass is 16.5. The van der Waals surface area contributed by atoms with Crippen LogP contribution in [0.2, 0.25) is 0 Å². The minimum absolute atomic E-state index is 0.0366. The number of fused-ring (bicyclic) bond motifs is 1. The van der Waals surface area contributed by atoms with Crippen LogP contribution >= 0.6 is 0 Å². The van der Waals surface area contributed by atoms with Gasteiger partial charge in [-0.15, -0.1) is 5.10 Å². The number of pyridine rings is 1. The lowest BCUT2D eigenvalue weighted by atomic mass is 10.1. The number of benzene rings is 2. The average Bonchev–Trinajstić information content (AvgIpc) is 3.60. The first-order valence-corrected chi connectivity index (χ1v) is 12.5. The minimum Gasteiger partial charge on any atom is -0.464 e. The molecule has 3 heterocycles. The van der Waals surface area contributed by atoms with Crippen LogP contribution in [0.3, 0.4) is 0 Å². The Bertz CT molecular complexity index is 1370. The minimum atomic E-state index is -0.527. The molecule has 2 aromatic heterocycles. The number of rotatable bonds is 9. The predicted octanol–water partition coefficient (Wildman–Crippen LogP) is 3.18. The number of hydrogen-bond donors (Lipinski definition) is 1. The molecule has 0 bridgehead atoms. The quantitative estimate of drug-likeness (QED) is 0.354. The number of methoxy groups -OCH3 is 1. The highest BCUT2D eigenvalue weighted by Crippen LogP contribution is 2.28. The van der Waals surface area contributed by atoms with Gasteiger partial charge in [0.15, 0.2) is 5.69 Å². The molecule has 1 fully saturated rings. The second kappa shape index (κ2) is 11.3. The number of aryl methyl sites for hydroxylation is 1. The van der Waals surface area contributed by atoms with Crippen LogP contribution in [0.4, 0.5) is 0 Å². The number of carbonyl (C=O) groups excluding carboxylic acids is 2. The third kappa shape index (κ3) is 5.83. The highest BCUT2D eigenvalue weighted by molar-refractivity contribution is 5.86. The molecule has 0 aliphatic carbocycles. The first-order chi connectivity index (χ1) is 18.1. The van der Waals surface area contributed by atoms with Crippen LogP contribution in [0.25, 0.3) is 10.9 Å². The monoisotopic (exact) mass is 498 g/mol. The van der Waals surface area contributed by atoms with Crippen molar-refractivity contribution in [1.29, 1.82) is 0 Å². The molecule has 0 saturated carbocycles. The molecule has 2 aromatic carbocycles. The molecule has 1 aliphatic rings. The summed E-state index contributed by atoms with van der Waals surface area (Å²) in [7, 11) is 1.32. The summed E-state index contributed by atoms with van der Waals surface area (Å²) < 4.78 is 6.43. The van der Waals surface area contributed by atoms with Crippen LogP contribution < -0.4 is 5.32 Å². The van der Waals surface area contributed by atoms with E-state index in [0.29, 0.717) is 19.5 Å². The van der Waals surface area contributed by atoms with E-state index in [1.807, 2.05) is 54.6 Å². The number of ether oxygens (including phenoxy) is 1. The Balaban J connectivity index is 1.26. The van der Waals surface area contributed by atoms with E-state index in [9.17, 15) is 9.59 Å². The lowest BCUT2D eigenvalue weighted by molar-refractivity contribution is -0.125. The molecule has 9 heteroatoms. The smallest absolute Gasteiger partial charge is 0.360 e. The number of nitrogens with one attached hydrogen (secondary N) is 1. The molecular weight excluding hydrogens is 468 g/mol. The van der Waals surface area contributed by atoms with Crippen LogP contribution in [0.5, 0.6) is 0 Å². The number of likely N-dealkylation sites (tertiary alicyclic amines) is 1. The van der Waals surface area contributed by atoms with Crippen LogP contribution in [0.1, 0.15) is 40.6 Å². The SMILES string of the molecule is COC(=O)c1cn([C@H]2C[C@@H](C(=O)NCc3ccc4ccccc4n3)N(CCCc3ccccc3)C2)nn1. The third-order valence-electron chi connectivity index (χ3n) is 6.82. The molecule has 0 spiro atoms. The molecule has 1 amide bonds. The first-order valence-electron chi connectivity index (χ1n) is 12.5. The molecule has 5 rings (SSSR count). The summed E-state index contributed by atoms with van der Waals surface area (Å²) in [5.41, 5.74) is 3.16. The van der Waals surface area contributed by atoms with Crippen molar-refractivity contribution in [3.8, 4) is 0 Å². The van der Waals surface area contributed by atoms with Gasteiger partial charge >= 0.3 is 5.97 Å². The van der Waals surface area contributed by atoms with Crippen molar-refractivity contribution >= 4 is 22.8 Å². The van der Waals surface area contributed by atoms with Gasteiger partial charge in [-0.1, -0.05) is 59.8 Å². The van der Waals surface area contributed by atoms with Gasteiger partial charge in [0.05, 0.1) is 43.1 Å². The zero-order valence-corrected chi connectivity index (χ0v) is 20.8. The molecule has 1 aliphatic heterocycles. The van der Waals surface area contributed by atoms with E-state index in [4.69, 9.17) is 4.74 Å². The Morgan fingerprint density at radius 1 is 1.05 bits per heavy atom. The molecule has 4 aromatic rings. The van der Waals surface area contributed by atoms with E-state index < -0.39 is 5.97 Å². The van der Waals surface area contributed by atoms with Gasteiger partial charge < -0.3 is 10.1 Å². The summed E-state index contributed by atoms with van der Waals surface area (Å²) in [5, 5.41) is 12.2. The van der Waals surface area contributed by atoms with E-state index in [-0.39, 0.29) is 23.7 Å². The van der Waals surface area contributed by atoms with Crippen molar-refractivity contribution in [2.24, 2.45) is 0 Å². The zero-order valence-electron chi connectivity index (χ0n) is 20.8. The number of aromatic nitrogens is 4. The summed E-state index contributed by atoms with van der Waals surface area (Å²) in [5.74, 6) is -0.563. The van der Waals surface area contributed by atoms with Crippen LogP contribution in [0.15, 0.2) is 72.9 Å². The molecule has 0 radical (unpaired) electrons. The Morgan fingerprint density at radius 2 is 1.86 bits per heavy atom. The Hall–Kier alpha value is -4.11. The molecule has 1 N–H and O–H groups in total. The molecule has 9 nitrogen and oxygen atoms in total. The molecule has 0 unspecified atom stereocenters. The van der Waals surface area contributed by atoms with Gasteiger partial charge in [0, 0.05) is 11.9 Å². The maximum atomic E-state index is 13.4. The van der Waals surface area contributed by atoms with Crippen molar-refractivity contribution in [3.63, 3.8) is 0 Å². The second-order valence-electron chi connectivity index (χ2n) is 9.28. The van der Waals surface area contributed by atoms with Crippen molar-refractivity contribution in [2.75, 3.05) is 20.2 Å². The fourth-order valence-corrected chi connectivity index (χ4v) is 4.88. The summed E-state index contributed by atoms with van der Waals surface area (Å²) in [6.45, 7) is 1.78. The van der Waals surface area contributed by atoms with E-state index in [0.717, 1.165) is 36.0 Å². The lowest BCUT2D eigenvalue weighted by Gasteiger charge is -2.23. The summed E-state index contributed by atoms with van der Waals surface area (Å²) >= 11 is 0. The fourth-order valence-electron chi connectivity index (χ4n) is 4.88. The lowest BCUT2D eigenvalue weighted by Crippen LogP contribution is -2.43. The summed E-state index contributed by atoms with van der Waals surface area (Å²) in [4.78, 5) is 32.1. The van der Waals surface area contributed by atoms with Gasteiger partial charge in [-0.3, -0.25) is 14.7 Å². The van der Waals surface area contributed by atoms with E-state index in [1.54, 1.807) is 10.9 Å². The van der Waals surface area contributed by atoms with Gasteiger partial charge in [-0.05, 0) is 43.5 Å². The average molecular weight is 499 g/mol. The van der Waals surface area contributed by atoms with Gasteiger partial charge in [0.2, 0.25) is 5.91 Å². The number of esters is 1. The predicted molar refractivity (Wildman–Crippen MR) is 139 cm³/mol. The normalized spacial score (nSPS) is 17.6. The van der Waals surface area contributed by atoms with Gasteiger partial charge in [-0.2, -0.15) is 0 Å². The fraction of sp³-hybridized carbons (Fsp3) is 0.321. The van der Waals surface area contributed by atoms with Crippen molar-refractivity contribution in [2.45, 2.75) is 37.9 Å². The van der Waals surface area contributed by atoms with E-state index in [2.05, 4.69) is 37.6 Å². The molecule has 37 heavy (non-hydrogen) atoms. The topological polar surface area (TPSA) is 102 Å². The molecule has 1 saturated heterocycles. The van der Waals surface area contributed by atoms with Crippen molar-refractivity contribution < 1.29 is 14.3 Å². The largest absolute Gasteiger partial charge is 0.464 e. The standard InChI is InChI=1S/C28H30N6O3/c1-37-28(36)25-19-34(32-31-25)23-16-26(33(18-23)15-7-10-20-8-3-2-4-9-20)27(35)29-17-22-14-13-21-11-5-6-12-24(21)30-22/h2-6,8-9,11-14,19,23,26H,7,10,15-18H2,1H3,(H,29,35)/t23-,26-/m0/s1. The van der Waals surface area contributed by atoms with Crippen LogP contribution in [-0.4, -0.2) is 63.0 Å². The summed E-state index contributed by atoms with van der Waals surface area (Å²) in [6.07, 6.45) is 4.04. The highest BCUT2D eigenvalue weighted by Gasteiger charge is 2.38. The van der Waals surface area contributed by atoms with Crippen molar-refractivity contribution in [1.82, 2.24) is 30.2 Å². The molecular formula is C28H30N6O3. The number of para-hydroxylation sites is 1. The Morgan fingerprint density at radius 3 is 2.70 bits per heavy atom. The second-order valence-corrected chi connectivity index (χ2v) is 9.28.